The highest BCUT2D eigenvalue weighted by Gasteiger charge is 2.29. The van der Waals surface area contributed by atoms with Gasteiger partial charge in [-0.15, -0.1) is 22.9 Å². The zero-order chi connectivity index (χ0) is 12.4. The van der Waals surface area contributed by atoms with Crippen molar-refractivity contribution in [1.29, 1.82) is 0 Å². The van der Waals surface area contributed by atoms with Crippen LogP contribution in [0.3, 0.4) is 0 Å². The number of hydrogen-bond donors (Lipinski definition) is 0. The van der Waals surface area contributed by atoms with E-state index in [1.54, 1.807) is 0 Å². The maximum absolute atomic E-state index is 12.1. The molecule has 0 spiro atoms. The Morgan fingerprint density at radius 1 is 1.53 bits per heavy atom. The van der Waals surface area contributed by atoms with Crippen LogP contribution in [0.5, 0.6) is 0 Å². The zero-order valence-electron chi connectivity index (χ0n) is 10.1. The fourth-order valence-electron chi connectivity index (χ4n) is 2.07. The van der Waals surface area contributed by atoms with E-state index in [1.807, 2.05) is 10.3 Å². The Bertz CT molecular complexity index is 397. The predicted octanol–water partition coefficient (Wildman–Crippen LogP) is 2.54. The monoisotopic (exact) mass is 272 g/mol. The lowest BCUT2D eigenvalue weighted by Gasteiger charge is -2.14. The van der Waals surface area contributed by atoms with E-state index in [2.05, 4.69) is 18.8 Å². The van der Waals surface area contributed by atoms with Gasteiger partial charge in [0.1, 0.15) is 5.01 Å². The molecule has 17 heavy (non-hydrogen) atoms. The molecule has 2 atom stereocenters. The van der Waals surface area contributed by atoms with Crippen molar-refractivity contribution in [1.82, 2.24) is 9.88 Å². The summed E-state index contributed by atoms with van der Waals surface area (Å²) in [7, 11) is 0. The van der Waals surface area contributed by atoms with Crippen molar-refractivity contribution in [3.63, 3.8) is 0 Å². The third-order valence-electron chi connectivity index (χ3n) is 3.38. The minimum absolute atomic E-state index is 0.191. The number of carbonyl (C=O) groups is 1. The SMILES string of the molecule is CC1CN(C(=O)Cc2nc(CCl)cs2)CC1C. The van der Waals surface area contributed by atoms with Crippen LogP contribution in [0, 0.1) is 11.8 Å². The Kier molecular flexibility index (Phi) is 4.05. The first-order valence-corrected chi connectivity index (χ1v) is 7.28. The van der Waals surface area contributed by atoms with Gasteiger partial charge in [-0.25, -0.2) is 4.98 Å². The molecule has 0 aromatic carbocycles. The van der Waals surface area contributed by atoms with E-state index in [0.717, 1.165) is 23.8 Å². The van der Waals surface area contributed by atoms with Gasteiger partial charge < -0.3 is 4.90 Å². The second kappa shape index (κ2) is 5.36. The lowest BCUT2D eigenvalue weighted by atomic mass is 10.0. The summed E-state index contributed by atoms with van der Waals surface area (Å²) in [4.78, 5) is 18.3. The lowest BCUT2D eigenvalue weighted by Crippen LogP contribution is -2.30. The molecule has 0 aliphatic carbocycles. The number of thiazole rings is 1. The van der Waals surface area contributed by atoms with Gasteiger partial charge >= 0.3 is 0 Å². The van der Waals surface area contributed by atoms with Crippen LogP contribution < -0.4 is 0 Å². The minimum Gasteiger partial charge on any atom is -0.342 e. The molecule has 5 heteroatoms. The molecule has 2 unspecified atom stereocenters. The van der Waals surface area contributed by atoms with Gasteiger partial charge in [-0.05, 0) is 11.8 Å². The predicted molar refractivity (Wildman–Crippen MR) is 70.3 cm³/mol. The van der Waals surface area contributed by atoms with Crippen LogP contribution in [0.1, 0.15) is 24.5 Å². The molecule has 0 radical (unpaired) electrons. The number of amides is 1. The normalized spacial score (nSPS) is 24.3. The Balaban J connectivity index is 1.93. The molecule has 3 nitrogen and oxygen atoms in total. The van der Waals surface area contributed by atoms with Crippen LogP contribution in [0.4, 0.5) is 0 Å². The van der Waals surface area contributed by atoms with E-state index in [9.17, 15) is 4.79 Å². The van der Waals surface area contributed by atoms with Gasteiger partial charge in [-0.3, -0.25) is 4.79 Å². The van der Waals surface area contributed by atoms with Crippen molar-refractivity contribution in [2.75, 3.05) is 13.1 Å². The van der Waals surface area contributed by atoms with Crippen molar-refractivity contribution in [2.45, 2.75) is 26.1 Å². The molecule has 1 saturated heterocycles. The molecular formula is C12H17ClN2OS. The molecule has 1 aliphatic heterocycles. The summed E-state index contributed by atoms with van der Waals surface area (Å²) in [6.45, 7) is 6.17. The molecule has 2 heterocycles. The number of hydrogen-bond acceptors (Lipinski definition) is 3. The minimum atomic E-state index is 0.191. The second-order valence-electron chi connectivity index (χ2n) is 4.80. The molecule has 0 bridgehead atoms. The molecule has 1 fully saturated rings. The van der Waals surface area contributed by atoms with Crippen molar-refractivity contribution in [3.8, 4) is 0 Å². The largest absolute Gasteiger partial charge is 0.342 e. The van der Waals surface area contributed by atoms with E-state index in [1.165, 1.54) is 11.3 Å². The summed E-state index contributed by atoms with van der Waals surface area (Å²) in [6, 6.07) is 0. The Labute approximate surface area is 111 Å². The van der Waals surface area contributed by atoms with Crippen molar-refractivity contribution >= 4 is 28.8 Å². The second-order valence-corrected chi connectivity index (χ2v) is 6.01. The number of alkyl halides is 1. The Morgan fingerprint density at radius 2 is 2.18 bits per heavy atom. The van der Waals surface area contributed by atoms with Gasteiger partial charge in [0.25, 0.3) is 0 Å². The number of rotatable bonds is 3. The molecule has 1 amide bonds. The third kappa shape index (κ3) is 2.99. The van der Waals surface area contributed by atoms with Gasteiger partial charge in [0.15, 0.2) is 0 Å². The van der Waals surface area contributed by atoms with Gasteiger partial charge in [0.05, 0.1) is 18.0 Å². The third-order valence-corrected chi connectivity index (χ3v) is 4.55. The number of nitrogens with zero attached hydrogens (tertiary/aromatic N) is 2. The van der Waals surface area contributed by atoms with E-state index in [-0.39, 0.29) is 5.91 Å². The first kappa shape index (κ1) is 12.8. The molecular weight excluding hydrogens is 256 g/mol. The van der Waals surface area contributed by atoms with Crippen LogP contribution >= 0.6 is 22.9 Å². The first-order chi connectivity index (χ1) is 8.10. The van der Waals surface area contributed by atoms with Crippen LogP contribution in [0.25, 0.3) is 0 Å². The lowest BCUT2D eigenvalue weighted by molar-refractivity contribution is -0.129. The van der Waals surface area contributed by atoms with Crippen LogP contribution in [-0.2, 0) is 17.1 Å². The highest BCUT2D eigenvalue weighted by molar-refractivity contribution is 7.09. The Hall–Kier alpha value is -0.610. The summed E-state index contributed by atoms with van der Waals surface area (Å²) in [6.07, 6.45) is 0.418. The summed E-state index contributed by atoms with van der Waals surface area (Å²) in [5.74, 6) is 1.82. The molecule has 1 aliphatic rings. The molecule has 94 valence electrons. The van der Waals surface area contributed by atoms with E-state index in [0.29, 0.717) is 24.1 Å². The number of carbonyl (C=O) groups excluding carboxylic acids is 1. The topological polar surface area (TPSA) is 33.2 Å². The summed E-state index contributed by atoms with van der Waals surface area (Å²) < 4.78 is 0. The van der Waals surface area contributed by atoms with Crippen molar-refractivity contribution < 1.29 is 4.79 Å². The summed E-state index contributed by atoms with van der Waals surface area (Å²) in [5.41, 5.74) is 0.864. The molecule has 0 N–H and O–H groups in total. The van der Waals surface area contributed by atoms with Gasteiger partial charge in [0.2, 0.25) is 5.91 Å². The van der Waals surface area contributed by atoms with E-state index in [4.69, 9.17) is 11.6 Å². The summed E-state index contributed by atoms with van der Waals surface area (Å²) >= 11 is 7.21. The van der Waals surface area contributed by atoms with Crippen LogP contribution in [-0.4, -0.2) is 28.9 Å². The average Bonchev–Trinajstić information content (AvgIpc) is 2.87. The fourth-order valence-corrected chi connectivity index (χ4v) is 3.08. The molecule has 1 aromatic heterocycles. The highest BCUT2D eigenvalue weighted by atomic mass is 35.5. The molecule has 0 saturated carbocycles. The van der Waals surface area contributed by atoms with E-state index < -0.39 is 0 Å². The molecule has 1 aromatic rings. The number of aromatic nitrogens is 1. The number of likely N-dealkylation sites (tertiary alicyclic amines) is 1. The molecule has 2 rings (SSSR count). The smallest absolute Gasteiger partial charge is 0.229 e. The summed E-state index contributed by atoms with van der Waals surface area (Å²) in [5, 5.41) is 2.79. The standard InChI is InChI=1S/C12H17ClN2OS/c1-8-5-15(6-9(8)2)12(16)3-11-14-10(4-13)7-17-11/h7-9H,3-6H2,1-2H3. The quantitative estimate of drug-likeness (QED) is 0.793. The first-order valence-electron chi connectivity index (χ1n) is 5.87. The van der Waals surface area contributed by atoms with Crippen molar-refractivity contribution in [3.05, 3.63) is 16.1 Å². The van der Waals surface area contributed by atoms with Crippen LogP contribution in [0.2, 0.25) is 0 Å². The highest BCUT2D eigenvalue weighted by Crippen LogP contribution is 2.23. The van der Waals surface area contributed by atoms with Gasteiger partial charge in [0, 0.05) is 18.5 Å². The van der Waals surface area contributed by atoms with Gasteiger partial charge in [-0.2, -0.15) is 0 Å². The average molecular weight is 273 g/mol. The fraction of sp³-hybridized carbons (Fsp3) is 0.667. The van der Waals surface area contributed by atoms with Crippen molar-refractivity contribution in [2.24, 2.45) is 11.8 Å². The number of halogens is 1. The Morgan fingerprint density at radius 3 is 2.71 bits per heavy atom. The maximum atomic E-state index is 12.1. The maximum Gasteiger partial charge on any atom is 0.229 e. The van der Waals surface area contributed by atoms with Crippen LogP contribution in [0.15, 0.2) is 5.38 Å². The zero-order valence-corrected chi connectivity index (χ0v) is 11.7. The van der Waals surface area contributed by atoms with E-state index >= 15 is 0 Å². The van der Waals surface area contributed by atoms with Gasteiger partial charge in [-0.1, -0.05) is 13.8 Å².